The smallest absolute Gasteiger partial charge is 0.350 e. The van der Waals surface area contributed by atoms with Gasteiger partial charge >= 0.3 is 6.18 Å². The van der Waals surface area contributed by atoms with Crippen LogP contribution >= 0.6 is 11.8 Å². The molecule has 0 aliphatic heterocycles. The summed E-state index contributed by atoms with van der Waals surface area (Å²) in [6.45, 7) is 1.71. The minimum absolute atomic E-state index is 0.0995. The van der Waals surface area contributed by atoms with Gasteiger partial charge in [-0.2, -0.15) is 13.2 Å². The van der Waals surface area contributed by atoms with Crippen LogP contribution < -0.4 is 5.32 Å². The van der Waals surface area contributed by atoms with Crippen molar-refractivity contribution in [2.75, 3.05) is 0 Å². The predicted molar refractivity (Wildman–Crippen MR) is 90.4 cm³/mol. The molecule has 4 aliphatic carbocycles. The number of nitrogens with one attached hydrogen (secondary N) is 1. The van der Waals surface area contributed by atoms with Crippen LogP contribution in [0.4, 0.5) is 13.2 Å². The summed E-state index contributed by atoms with van der Waals surface area (Å²) in [7, 11) is 1.27. The zero-order valence-electron chi connectivity index (χ0n) is 14.8. The molecule has 5 rings (SSSR count). The molecule has 1 atom stereocenters. The molecule has 0 radical (unpaired) electrons. The van der Waals surface area contributed by atoms with Crippen molar-refractivity contribution in [1.82, 2.24) is 20.1 Å². The lowest BCUT2D eigenvalue weighted by Gasteiger charge is -2.57. The Balaban J connectivity index is 1.42. The van der Waals surface area contributed by atoms with E-state index in [4.69, 9.17) is 0 Å². The Kier molecular flexibility index (Phi) is 4.28. The molecule has 5 nitrogen and oxygen atoms in total. The Hall–Kier alpha value is -1.25. The third kappa shape index (κ3) is 3.23. The minimum Gasteiger partial charge on any atom is -0.350 e. The summed E-state index contributed by atoms with van der Waals surface area (Å²) in [6, 6.07) is 0. The number of hydrogen-bond donors (Lipinski definition) is 1. The molecule has 9 heteroatoms. The number of hydrogen-bond acceptors (Lipinski definition) is 4. The van der Waals surface area contributed by atoms with Gasteiger partial charge in [0.2, 0.25) is 11.7 Å². The van der Waals surface area contributed by atoms with Gasteiger partial charge in [0.05, 0.1) is 5.25 Å². The molecule has 26 heavy (non-hydrogen) atoms. The van der Waals surface area contributed by atoms with Crippen LogP contribution in [0.5, 0.6) is 0 Å². The van der Waals surface area contributed by atoms with Gasteiger partial charge < -0.3 is 9.88 Å². The van der Waals surface area contributed by atoms with Gasteiger partial charge in [0.15, 0.2) is 5.16 Å². The Labute approximate surface area is 154 Å². The first-order valence-electron chi connectivity index (χ1n) is 9.10. The lowest BCUT2D eigenvalue weighted by atomic mass is 9.53. The third-order valence-corrected chi connectivity index (χ3v) is 7.30. The number of aromatic nitrogens is 3. The van der Waals surface area contributed by atoms with Crippen molar-refractivity contribution in [3.63, 3.8) is 0 Å². The van der Waals surface area contributed by atoms with Crippen molar-refractivity contribution in [3.05, 3.63) is 5.82 Å². The molecule has 1 amide bonds. The first kappa shape index (κ1) is 18.1. The van der Waals surface area contributed by atoms with Crippen molar-refractivity contribution < 1.29 is 18.0 Å². The van der Waals surface area contributed by atoms with Gasteiger partial charge in [-0.3, -0.25) is 4.79 Å². The van der Waals surface area contributed by atoms with Crippen molar-refractivity contribution in [2.45, 2.75) is 67.6 Å². The summed E-state index contributed by atoms with van der Waals surface area (Å²) in [4.78, 5) is 12.7. The third-order valence-electron chi connectivity index (χ3n) is 6.17. The number of nitrogens with zero attached hydrogens (tertiary/aromatic N) is 3. The Morgan fingerprint density at radius 3 is 2.19 bits per heavy atom. The fraction of sp³-hybridized carbons (Fsp3) is 0.824. The lowest BCUT2D eigenvalue weighted by Crippen LogP contribution is -2.60. The van der Waals surface area contributed by atoms with E-state index in [0.29, 0.717) is 0 Å². The average molecular weight is 388 g/mol. The molecule has 1 N–H and O–H groups in total. The van der Waals surface area contributed by atoms with Crippen LogP contribution in [0.2, 0.25) is 0 Å². The van der Waals surface area contributed by atoms with Gasteiger partial charge in [-0.15, -0.1) is 10.2 Å². The molecule has 0 saturated heterocycles. The van der Waals surface area contributed by atoms with Crippen LogP contribution in [0.1, 0.15) is 51.3 Å². The van der Waals surface area contributed by atoms with E-state index in [1.165, 1.54) is 26.3 Å². The normalized spacial score (nSPS) is 34.1. The summed E-state index contributed by atoms with van der Waals surface area (Å²) in [6.07, 6.45) is 2.46. The highest BCUT2D eigenvalue weighted by Crippen LogP contribution is 2.55. The number of alkyl halides is 3. The first-order chi connectivity index (χ1) is 12.2. The van der Waals surface area contributed by atoms with E-state index in [2.05, 4.69) is 15.5 Å². The quantitative estimate of drug-likeness (QED) is 0.803. The van der Waals surface area contributed by atoms with Gasteiger partial charge in [-0.25, -0.2) is 0 Å². The molecule has 4 saturated carbocycles. The van der Waals surface area contributed by atoms with Gasteiger partial charge in [0.1, 0.15) is 0 Å². The highest BCUT2D eigenvalue weighted by Gasteiger charge is 2.51. The van der Waals surface area contributed by atoms with Gasteiger partial charge in [-0.1, -0.05) is 11.8 Å². The lowest BCUT2D eigenvalue weighted by molar-refractivity contribution is -0.147. The van der Waals surface area contributed by atoms with Crippen LogP contribution in [-0.4, -0.2) is 31.5 Å². The van der Waals surface area contributed by atoms with E-state index >= 15 is 0 Å². The maximum Gasteiger partial charge on any atom is 0.451 e. The van der Waals surface area contributed by atoms with E-state index in [-0.39, 0.29) is 16.6 Å². The Morgan fingerprint density at radius 2 is 1.73 bits per heavy atom. The molecule has 1 aromatic heterocycles. The number of rotatable bonds is 4. The molecule has 4 bridgehead atoms. The van der Waals surface area contributed by atoms with Crippen molar-refractivity contribution in [3.8, 4) is 0 Å². The fourth-order valence-corrected chi connectivity index (χ4v) is 6.32. The first-order valence-corrected chi connectivity index (χ1v) is 9.98. The maximum absolute atomic E-state index is 12.8. The van der Waals surface area contributed by atoms with Crippen molar-refractivity contribution in [2.24, 2.45) is 24.8 Å². The molecule has 1 heterocycles. The second kappa shape index (κ2) is 6.14. The predicted octanol–water partition coefficient (Wildman–Crippen LogP) is 3.40. The van der Waals surface area contributed by atoms with E-state index < -0.39 is 17.3 Å². The van der Waals surface area contributed by atoms with Crippen LogP contribution in [0, 0.1) is 17.8 Å². The Bertz CT molecular complexity index is 682. The van der Waals surface area contributed by atoms with E-state index in [0.717, 1.165) is 53.3 Å². The zero-order chi connectivity index (χ0) is 18.7. The van der Waals surface area contributed by atoms with Crippen molar-refractivity contribution >= 4 is 17.7 Å². The molecule has 1 unspecified atom stereocenters. The number of carbonyl (C=O) groups excluding carboxylic acids is 1. The Morgan fingerprint density at radius 1 is 1.19 bits per heavy atom. The monoisotopic (exact) mass is 388 g/mol. The highest BCUT2D eigenvalue weighted by atomic mass is 32.2. The number of carbonyl (C=O) groups is 1. The minimum atomic E-state index is -4.55. The van der Waals surface area contributed by atoms with Gasteiger partial charge in [0.25, 0.3) is 0 Å². The molecule has 144 valence electrons. The largest absolute Gasteiger partial charge is 0.451 e. The van der Waals surface area contributed by atoms with Gasteiger partial charge in [-0.05, 0) is 63.2 Å². The van der Waals surface area contributed by atoms with Crippen LogP contribution in [-0.2, 0) is 18.0 Å². The SMILES string of the molecule is CC(Sc1nnc(C(F)(F)F)n1C)C(=O)NC12CC3CC(CC(C3)C1)C2. The summed E-state index contributed by atoms with van der Waals surface area (Å²) >= 11 is 1.02. The van der Waals surface area contributed by atoms with E-state index in [1.54, 1.807) is 6.92 Å². The van der Waals surface area contributed by atoms with Crippen LogP contribution in [0.25, 0.3) is 0 Å². The zero-order valence-corrected chi connectivity index (χ0v) is 15.7. The molecular weight excluding hydrogens is 365 g/mol. The molecule has 1 aromatic rings. The summed E-state index contributed by atoms with van der Waals surface area (Å²) in [5, 5.41) is 9.66. The molecule has 4 fully saturated rings. The number of amides is 1. The topological polar surface area (TPSA) is 59.8 Å². The molecule has 0 aromatic carbocycles. The van der Waals surface area contributed by atoms with Crippen LogP contribution in [0.3, 0.4) is 0 Å². The highest BCUT2D eigenvalue weighted by molar-refractivity contribution is 8.00. The average Bonchev–Trinajstić information content (AvgIpc) is 2.86. The standard InChI is InChI=1S/C17H23F3N4OS/c1-9(26-15-23-22-14(24(15)2)17(18,19)20)13(25)21-16-6-10-3-11(7-16)5-12(4-10)8-16/h9-12H,3-8H2,1-2H3,(H,21,25). The second-order valence-electron chi connectivity index (χ2n) is 8.31. The number of thioether (sulfide) groups is 1. The number of halogens is 3. The molecule has 4 aliphatic rings. The summed E-state index contributed by atoms with van der Waals surface area (Å²) in [5.74, 6) is 0.995. The van der Waals surface area contributed by atoms with Crippen molar-refractivity contribution in [1.29, 1.82) is 0 Å². The fourth-order valence-electron chi connectivity index (χ4n) is 5.50. The molecular formula is C17H23F3N4OS. The summed E-state index contributed by atoms with van der Waals surface area (Å²) < 4.78 is 39.4. The summed E-state index contributed by atoms with van der Waals surface area (Å²) in [5.41, 5.74) is -0.0995. The van der Waals surface area contributed by atoms with Crippen LogP contribution in [0.15, 0.2) is 5.16 Å². The van der Waals surface area contributed by atoms with E-state index in [1.807, 2.05) is 0 Å². The maximum atomic E-state index is 12.8. The van der Waals surface area contributed by atoms with E-state index in [9.17, 15) is 18.0 Å². The molecule has 0 spiro atoms. The second-order valence-corrected chi connectivity index (χ2v) is 9.62. The van der Waals surface area contributed by atoms with Gasteiger partial charge in [0, 0.05) is 12.6 Å².